The molecule has 4 N–H and O–H groups in total. The first-order valence-electron chi connectivity index (χ1n) is 5.98. The number of carboxylic acid groups (broad SMARTS) is 1. The number of carbonyl (C=O) groups excluding carboxylic acids is 1. The summed E-state index contributed by atoms with van der Waals surface area (Å²) in [5.41, 5.74) is 4.90. The van der Waals surface area contributed by atoms with Crippen LogP contribution in [-0.4, -0.2) is 74.0 Å². The normalized spacial score (nSPS) is 21.2. The molecular weight excluding hydrogens is 274 g/mol. The molecule has 1 rings (SSSR count). The molecule has 0 radical (unpaired) electrons. The van der Waals surface area contributed by atoms with Gasteiger partial charge in [-0.3, -0.25) is 14.5 Å². The zero-order valence-electron chi connectivity index (χ0n) is 10.5. The number of hydrogen-bond donors (Lipinski definition) is 3. The second kappa shape index (κ2) is 6.83. The number of nitrogens with zero attached hydrogens (tertiary/aromatic N) is 1. The van der Waals surface area contributed by atoms with Crippen LogP contribution in [0.2, 0.25) is 0 Å². The zero-order chi connectivity index (χ0) is 14.5. The van der Waals surface area contributed by atoms with E-state index in [-0.39, 0.29) is 24.5 Å². The molecule has 0 aromatic heterocycles. The van der Waals surface area contributed by atoms with E-state index in [0.29, 0.717) is 19.6 Å². The first-order valence-corrected chi connectivity index (χ1v) is 7.80. The van der Waals surface area contributed by atoms with Crippen molar-refractivity contribution in [2.45, 2.75) is 12.5 Å². The van der Waals surface area contributed by atoms with Crippen LogP contribution in [0.5, 0.6) is 0 Å². The second-order valence-electron chi connectivity index (χ2n) is 4.46. The molecule has 1 aliphatic rings. The van der Waals surface area contributed by atoms with Gasteiger partial charge < -0.3 is 16.2 Å². The standard InChI is InChI=1S/C10H19N3O5S/c11-9(14)1-5-19(17,18)6-4-13-3-2-12-7-8(13)10(15)16/h8,12H,1-7H2,(H2,11,14)(H,15,16). The SMILES string of the molecule is NC(=O)CCS(=O)(=O)CCN1CCNCC1C(=O)O. The molecule has 1 amide bonds. The zero-order valence-corrected chi connectivity index (χ0v) is 11.4. The van der Waals surface area contributed by atoms with Gasteiger partial charge in [-0.25, -0.2) is 8.42 Å². The molecular formula is C10H19N3O5S. The lowest BCUT2D eigenvalue weighted by Gasteiger charge is -2.33. The fraction of sp³-hybridized carbons (Fsp3) is 0.800. The third-order valence-electron chi connectivity index (χ3n) is 2.99. The van der Waals surface area contributed by atoms with Crippen molar-refractivity contribution in [1.29, 1.82) is 0 Å². The van der Waals surface area contributed by atoms with Gasteiger partial charge in [-0.15, -0.1) is 0 Å². The Morgan fingerprint density at radius 3 is 2.63 bits per heavy atom. The highest BCUT2D eigenvalue weighted by atomic mass is 32.2. The highest BCUT2D eigenvalue weighted by Crippen LogP contribution is 2.05. The summed E-state index contributed by atoms with van der Waals surface area (Å²) in [5.74, 6) is -2.08. The monoisotopic (exact) mass is 293 g/mol. The summed E-state index contributed by atoms with van der Waals surface area (Å²) in [6.45, 7) is 1.57. The van der Waals surface area contributed by atoms with Gasteiger partial charge in [0.2, 0.25) is 5.91 Å². The number of carbonyl (C=O) groups is 2. The number of primary amides is 1. The molecule has 1 fully saturated rings. The molecule has 1 aliphatic heterocycles. The van der Waals surface area contributed by atoms with E-state index in [2.05, 4.69) is 5.32 Å². The van der Waals surface area contributed by atoms with Gasteiger partial charge in [0.15, 0.2) is 9.84 Å². The van der Waals surface area contributed by atoms with E-state index in [9.17, 15) is 18.0 Å². The average Bonchev–Trinajstić information content (AvgIpc) is 2.34. The Bertz CT molecular complexity index is 436. The van der Waals surface area contributed by atoms with Crippen LogP contribution < -0.4 is 11.1 Å². The highest BCUT2D eigenvalue weighted by Gasteiger charge is 2.29. The summed E-state index contributed by atoms with van der Waals surface area (Å²) in [6, 6.07) is -0.708. The highest BCUT2D eigenvalue weighted by molar-refractivity contribution is 7.91. The summed E-state index contributed by atoms with van der Waals surface area (Å²) in [7, 11) is -3.38. The van der Waals surface area contributed by atoms with Gasteiger partial charge >= 0.3 is 5.97 Å². The Labute approximate surface area is 111 Å². The molecule has 0 bridgehead atoms. The van der Waals surface area contributed by atoms with E-state index in [1.54, 1.807) is 4.90 Å². The Hall–Kier alpha value is -1.19. The van der Waals surface area contributed by atoms with E-state index < -0.39 is 27.8 Å². The van der Waals surface area contributed by atoms with Crippen molar-refractivity contribution < 1.29 is 23.1 Å². The maximum atomic E-state index is 11.7. The molecule has 0 aliphatic carbocycles. The number of amides is 1. The molecule has 0 aromatic carbocycles. The number of aliphatic carboxylic acids is 1. The summed E-state index contributed by atoms with van der Waals surface area (Å²) < 4.78 is 23.3. The minimum Gasteiger partial charge on any atom is -0.480 e. The van der Waals surface area contributed by atoms with Crippen molar-refractivity contribution in [2.24, 2.45) is 5.73 Å². The number of nitrogens with two attached hydrogens (primary N) is 1. The van der Waals surface area contributed by atoms with Gasteiger partial charge in [0, 0.05) is 32.6 Å². The lowest BCUT2D eigenvalue weighted by Crippen LogP contribution is -2.55. The van der Waals surface area contributed by atoms with E-state index in [1.807, 2.05) is 0 Å². The predicted molar refractivity (Wildman–Crippen MR) is 68.3 cm³/mol. The summed E-state index contributed by atoms with van der Waals surface area (Å²) in [6.07, 6.45) is -0.202. The fourth-order valence-corrected chi connectivity index (χ4v) is 3.10. The summed E-state index contributed by atoms with van der Waals surface area (Å²) in [4.78, 5) is 23.2. The van der Waals surface area contributed by atoms with Crippen LogP contribution in [0.4, 0.5) is 0 Å². The van der Waals surface area contributed by atoms with Crippen molar-refractivity contribution in [3.63, 3.8) is 0 Å². The third kappa shape index (κ3) is 5.53. The first kappa shape index (κ1) is 15.9. The van der Waals surface area contributed by atoms with Crippen LogP contribution >= 0.6 is 0 Å². The Kier molecular flexibility index (Phi) is 5.70. The predicted octanol–water partition coefficient (Wildman–Crippen LogP) is -2.36. The van der Waals surface area contributed by atoms with Gasteiger partial charge in [0.05, 0.1) is 11.5 Å². The minimum absolute atomic E-state index is 0.153. The van der Waals surface area contributed by atoms with Crippen molar-refractivity contribution in [3.05, 3.63) is 0 Å². The Balaban J connectivity index is 2.49. The van der Waals surface area contributed by atoms with Crippen molar-refractivity contribution in [2.75, 3.05) is 37.7 Å². The third-order valence-corrected chi connectivity index (χ3v) is 4.62. The molecule has 1 unspecified atom stereocenters. The van der Waals surface area contributed by atoms with Gasteiger partial charge in [-0.1, -0.05) is 0 Å². The summed E-state index contributed by atoms with van der Waals surface area (Å²) in [5, 5.41) is 12.0. The lowest BCUT2D eigenvalue weighted by atomic mass is 10.2. The summed E-state index contributed by atoms with van der Waals surface area (Å²) >= 11 is 0. The quantitative estimate of drug-likeness (QED) is 0.478. The van der Waals surface area contributed by atoms with E-state index in [1.165, 1.54) is 0 Å². The minimum atomic E-state index is -3.38. The van der Waals surface area contributed by atoms with Gasteiger partial charge in [-0.05, 0) is 0 Å². The smallest absolute Gasteiger partial charge is 0.322 e. The molecule has 9 heteroatoms. The average molecular weight is 293 g/mol. The van der Waals surface area contributed by atoms with Gasteiger partial charge in [-0.2, -0.15) is 0 Å². The van der Waals surface area contributed by atoms with Gasteiger partial charge in [0.25, 0.3) is 0 Å². The lowest BCUT2D eigenvalue weighted by molar-refractivity contribution is -0.143. The van der Waals surface area contributed by atoms with E-state index in [0.717, 1.165) is 0 Å². The van der Waals surface area contributed by atoms with Gasteiger partial charge in [0.1, 0.15) is 6.04 Å². The second-order valence-corrected chi connectivity index (χ2v) is 6.77. The number of sulfone groups is 1. The van der Waals surface area contributed by atoms with E-state index >= 15 is 0 Å². The molecule has 0 aromatic rings. The number of hydrogen-bond acceptors (Lipinski definition) is 6. The number of nitrogens with one attached hydrogen (secondary N) is 1. The molecule has 110 valence electrons. The molecule has 1 heterocycles. The molecule has 19 heavy (non-hydrogen) atoms. The first-order chi connectivity index (χ1) is 8.82. The van der Waals surface area contributed by atoms with Crippen LogP contribution in [0.25, 0.3) is 0 Å². The number of rotatable bonds is 7. The number of piperazine rings is 1. The number of carboxylic acids is 1. The van der Waals surface area contributed by atoms with Crippen LogP contribution in [0.1, 0.15) is 6.42 Å². The maximum absolute atomic E-state index is 11.7. The molecule has 1 saturated heterocycles. The molecule has 1 atom stereocenters. The Morgan fingerprint density at radius 2 is 2.05 bits per heavy atom. The van der Waals surface area contributed by atoms with Crippen LogP contribution in [0.15, 0.2) is 0 Å². The molecule has 8 nitrogen and oxygen atoms in total. The van der Waals surface area contributed by atoms with Crippen LogP contribution in [-0.2, 0) is 19.4 Å². The fourth-order valence-electron chi connectivity index (χ4n) is 1.87. The largest absolute Gasteiger partial charge is 0.480 e. The van der Waals surface area contributed by atoms with Crippen molar-refractivity contribution >= 4 is 21.7 Å². The van der Waals surface area contributed by atoms with Crippen molar-refractivity contribution in [1.82, 2.24) is 10.2 Å². The van der Waals surface area contributed by atoms with Crippen LogP contribution in [0, 0.1) is 0 Å². The van der Waals surface area contributed by atoms with Crippen LogP contribution in [0.3, 0.4) is 0 Å². The van der Waals surface area contributed by atoms with Crippen molar-refractivity contribution in [3.8, 4) is 0 Å². The molecule has 0 saturated carbocycles. The molecule has 0 spiro atoms. The topological polar surface area (TPSA) is 130 Å². The Morgan fingerprint density at radius 1 is 1.37 bits per heavy atom. The maximum Gasteiger partial charge on any atom is 0.322 e. The van der Waals surface area contributed by atoms with E-state index in [4.69, 9.17) is 10.8 Å².